The molecular weight excluding hydrogens is 269 g/mol. The lowest BCUT2D eigenvalue weighted by atomic mass is 10.1. The molecule has 2 heterocycles. The number of rotatable bonds is 0. The first-order valence-corrected chi connectivity index (χ1v) is 6.42. The van der Waals surface area contributed by atoms with E-state index in [1.807, 2.05) is 0 Å². The van der Waals surface area contributed by atoms with Gasteiger partial charge in [0.2, 0.25) is 0 Å². The molecule has 4 rings (SSSR count). The Kier molecular flexibility index (Phi) is 2.24. The molecule has 0 saturated heterocycles. The van der Waals surface area contributed by atoms with Crippen LogP contribution in [0.5, 0.6) is 0 Å². The summed E-state index contributed by atoms with van der Waals surface area (Å²) in [6.45, 7) is 0. The van der Waals surface area contributed by atoms with Gasteiger partial charge in [-0.05, 0) is 35.9 Å². The molecule has 0 fully saturated rings. The van der Waals surface area contributed by atoms with Gasteiger partial charge in [-0.3, -0.25) is 9.36 Å². The summed E-state index contributed by atoms with van der Waals surface area (Å²) in [5, 5.41) is 9.34. The molecule has 0 N–H and O–H groups in total. The third kappa shape index (κ3) is 1.59. The van der Waals surface area contributed by atoms with Crippen LogP contribution in [0.4, 0.5) is 4.39 Å². The molecule has 0 spiro atoms. The first-order valence-electron chi connectivity index (χ1n) is 6.42. The zero-order chi connectivity index (χ0) is 14.6. The predicted molar refractivity (Wildman–Crippen MR) is 74.8 cm³/mol. The van der Waals surface area contributed by atoms with Crippen LogP contribution in [0.25, 0.3) is 16.6 Å². The summed E-state index contributed by atoms with van der Waals surface area (Å²) in [7, 11) is 0. The van der Waals surface area contributed by atoms with E-state index in [0.717, 1.165) is 11.3 Å². The van der Waals surface area contributed by atoms with Crippen LogP contribution in [0.15, 0.2) is 41.2 Å². The summed E-state index contributed by atoms with van der Waals surface area (Å²) in [6.07, 6.45) is 0.465. The van der Waals surface area contributed by atoms with Crippen LogP contribution in [0.3, 0.4) is 0 Å². The number of hydrogen-bond donors (Lipinski definition) is 0. The first kappa shape index (κ1) is 11.8. The lowest BCUT2D eigenvalue weighted by molar-refractivity contribution is 0.629. The molecule has 21 heavy (non-hydrogen) atoms. The fourth-order valence-electron chi connectivity index (χ4n) is 2.76. The van der Waals surface area contributed by atoms with Crippen molar-refractivity contribution in [3.05, 3.63) is 69.5 Å². The van der Waals surface area contributed by atoms with Gasteiger partial charge in [0.1, 0.15) is 11.6 Å². The number of nitrogens with zero attached hydrogens (tertiary/aromatic N) is 3. The minimum atomic E-state index is -0.415. The van der Waals surface area contributed by atoms with Crippen LogP contribution in [-0.2, 0) is 6.42 Å². The van der Waals surface area contributed by atoms with Crippen molar-refractivity contribution < 1.29 is 4.39 Å². The van der Waals surface area contributed by atoms with Crippen LogP contribution in [0.2, 0.25) is 0 Å². The predicted octanol–water partition coefficient (Wildman–Crippen LogP) is 2.30. The summed E-state index contributed by atoms with van der Waals surface area (Å²) in [4.78, 5) is 17.0. The summed E-state index contributed by atoms with van der Waals surface area (Å²) >= 11 is 0. The van der Waals surface area contributed by atoms with Crippen molar-refractivity contribution >= 4 is 10.9 Å². The SMILES string of the molecule is N#Cc1ccc2c(c1)Cc1nc3cc(F)ccc3c(=O)n1-2. The van der Waals surface area contributed by atoms with Crippen molar-refractivity contribution in [2.75, 3.05) is 0 Å². The van der Waals surface area contributed by atoms with Gasteiger partial charge in [0, 0.05) is 12.5 Å². The fraction of sp³-hybridized carbons (Fsp3) is 0.0625. The fourth-order valence-corrected chi connectivity index (χ4v) is 2.76. The summed E-state index contributed by atoms with van der Waals surface area (Å²) in [5.74, 6) is 0.157. The highest BCUT2D eigenvalue weighted by atomic mass is 19.1. The largest absolute Gasteiger partial charge is 0.268 e. The van der Waals surface area contributed by atoms with Gasteiger partial charge < -0.3 is 0 Å². The minimum Gasteiger partial charge on any atom is -0.268 e. The van der Waals surface area contributed by atoms with Gasteiger partial charge in [-0.1, -0.05) is 0 Å². The molecule has 0 bridgehead atoms. The van der Waals surface area contributed by atoms with Gasteiger partial charge >= 0.3 is 0 Å². The third-order valence-electron chi connectivity index (χ3n) is 3.70. The lowest BCUT2D eigenvalue weighted by Gasteiger charge is -2.06. The summed E-state index contributed by atoms with van der Waals surface area (Å²) in [6, 6.07) is 11.2. The van der Waals surface area contributed by atoms with Crippen LogP contribution in [0, 0.1) is 17.1 Å². The molecular formula is C16H8FN3O. The van der Waals surface area contributed by atoms with Gasteiger partial charge in [-0.25, -0.2) is 9.37 Å². The van der Waals surface area contributed by atoms with Crippen molar-refractivity contribution in [1.29, 1.82) is 5.26 Å². The lowest BCUT2D eigenvalue weighted by Crippen LogP contribution is -2.20. The van der Waals surface area contributed by atoms with E-state index in [-0.39, 0.29) is 5.56 Å². The average molecular weight is 277 g/mol. The third-order valence-corrected chi connectivity index (χ3v) is 3.70. The van der Waals surface area contributed by atoms with Crippen molar-refractivity contribution in [3.63, 3.8) is 0 Å². The normalized spacial score (nSPS) is 12.0. The molecule has 0 atom stereocenters. The molecule has 1 aromatic heterocycles. The monoisotopic (exact) mass is 277 g/mol. The van der Waals surface area contributed by atoms with E-state index in [9.17, 15) is 9.18 Å². The second-order valence-corrected chi connectivity index (χ2v) is 4.96. The number of hydrogen-bond acceptors (Lipinski definition) is 3. The molecule has 2 aromatic carbocycles. The smallest absolute Gasteiger partial charge is 0.265 e. The Bertz CT molecular complexity index is 1010. The van der Waals surface area contributed by atoms with Crippen molar-refractivity contribution in [2.45, 2.75) is 6.42 Å². The molecule has 100 valence electrons. The highest BCUT2D eigenvalue weighted by Gasteiger charge is 2.22. The number of halogens is 1. The number of nitriles is 1. The average Bonchev–Trinajstić information content (AvgIpc) is 2.84. The molecule has 3 aromatic rings. The summed E-state index contributed by atoms with van der Waals surface area (Å²) < 4.78 is 14.8. The van der Waals surface area contributed by atoms with E-state index in [0.29, 0.717) is 28.7 Å². The molecule has 1 aliphatic rings. The van der Waals surface area contributed by atoms with E-state index >= 15 is 0 Å². The quantitative estimate of drug-likeness (QED) is 0.495. The van der Waals surface area contributed by atoms with Gasteiger partial charge in [0.05, 0.1) is 28.2 Å². The Morgan fingerprint density at radius 1 is 1.24 bits per heavy atom. The zero-order valence-corrected chi connectivity index (χ0v) is 10.8. The zero-order valence-electron chi connectivity index (χ0n) is 10.8. The molecule has 0 aliphatic carbocycles. The van der Waals surface area contributed by atoms with E-state index in [1.54, 1.807) is 18.2 Å². The van der Waals surface area contributed by atoms with Crippen molar-refractivity contribution in [3.8, 4) is 11.8 Å². The molecule has 1 aliphatic heterocycles. The number of aromatic nitrogens is 2. The van der Waals surface area contributed by atoms with Gasteiger partial charge in [-0.15, -0.1) is 0 Å². The van der Waals surface area contributed by atoms with Crippen LogP contribution in [0.1, 0.15) is 17.0 Å². The second kappa shape index (κ2) is 4.00. The van der Waals surface area contributed by atoms with E-state index in [4.69, 9.17) is 5.26 Å². The highest BCUT2D eigenvalue weighted by Crippen LogP contribution is 2.27. The second-order valence-electron chi connectivity index (χ2n) is 4.96. The summed E-state index contributed by atoms with van der Waals surface area (Å²) in [5.41, 5.74) is 2.32. The molecule has 0 amide bonds. The minimum absolute atomic E-state index is 0.210. The molecule has 0 saturated carbocycles. The van der Waals surface area contributed by atoms with Gasteiger partial charge in [0.25, 0.3) is 5.56 Å². The van der Waals surface area contributed by atoms with E-state index in [2.05, 4.69) is 11.1 Å². The highest BCUT2D eigenvalue weighted by molar-refractivity contribution is 5.78. The van der Waals surface area contributed by atoms with Crippen LogP contribution in [-0.4, -0.2) is 9.55 Å². The maximum absolute atomic E-state index is 13.3. The standard InChI is InChI=1S/C16H8FN3O/c17-11-2-3-12-13(7-11)19-15-6-10-5-9(8-18)1-4-14(10)20(15)16(12)21/h1-5,7H,6H2. The Labute approximate surface area is 118 Å². The first-order chi connectivity index (χ1) is 10.2. The number of fused-ring (bicyclic) bond motifs is 4. The number of benzene rings is 2. The van der Waals surface area contributed by atoms with Crippen molar-refractivity contribution in [1.82, 2.24) is 9.55 Å². The van der Waals surface area contributed by atoms with Crippen LogP contribution >= 0.6 is 0 Å². The Morgan fingerprint density at radius 2 is 2.10 bits per heavy atom. The van der Waals surface area contributed by atoms with Gasteiger partial charge in [0.15, 0.2) is 0 Å². The molecule has 0 radical (unpaired) electrons. The topological polar surface area (TPSA) is 58.7 Å². The molecule has 0 unspecified atom stereocenters. The van der Waals surface area contributed by atoms with E-state index in [1.165, 1.54) is 22.8 Å². The maximum atomic E-state index is 13.3. The maximum Gasteiger partial charge on any atom is 0.265 e. The molecule has 4 nitrogen and oxygen atoms in total. The molecule has 5 heteroatoms. The van der Waals surface area contributed by atoms with Crippen LogP contribution < -0.4 is 5.56 Å². The Balaban J connectivity index is 2.06. The van der Waals surface area contributed by atoms with Crippen molar-refractivity contribution in [2.24, 2.45) is 0 Å². The Hall–Kier alpha value is -3.00. The van der Waals surface area contributed by atoms with Gasteiger partial charge in [-0.2, -0.15) is 5.26 Å². The van der Waals surface area contributed by atoms with E-state index < -0.39 is 5.82 Å². The Morgan fingerprint density at radius 3 is 2.90 bits per heavy atom.